The van der Waals surface area contributed by atoms with Gasteiger partial charge in [-0.15, -0.1) is 0 Å². The molecule has 1 saturated heterocycles. The molecule has 6 nitrogen and oxygen atoms in total. The first-order valence-corrected chi connectivity index (χ1v) is 9.46. The summed E-state index contributed by atoms with van der Waals surface area (Å²) in [6, 6.07) is 17.5. The lowest BCUT2D eigenvalue weighted by molar-refractivity contribution is -0.656. The van der Waals surface area contributed by atoms with Crippen LogP contribution >= 0.6 is 0 Å². The zero-order chi connectivity index (χ0) is 19.9. The number of nitrogens with two attached hydrogens (primary N) is 1. The van der Waals surface area contributed by atoms with Gasteiger partial charge < -0.3 is 20.4 Å². The second kappa shape index (κ2) is 9.30. The molecule has 1 atom stereocenters. The lowest BCUT2D eigenvalue weighted by Gasteiger charge is -2.25. The minimum absolute atomic E-state index is 0.103. The van der Waals surface area contributed by atoms with Gasteiger partial charge in [-0.1, -0.05) is 60.7 Å². The molecule has 0 spiro atoms. The van der Waals surface area contributed by atoms with Crippen molar-refractivity contribution in [2.45, 2.75) is 12.5 Å². The molecule has 0 bridgehead atoms. The first kappa shape index (κ1) is 19.8. The topological polar surface area (TPSA) is 94.5 Å². The number of aliphatic hydroxyl groups excluding tert-OH is 2. The molecule has 3 rings (SSSR count). The maximum Gasteiger partial charge on any atom is 0.295 e. The normalized spacial score (nSPS) is 18.6. The standard InChI is InChI=1S/C22H24N2O4/c25-15-13-23-12-7-14-24-19(16-8-3-1-4-9-16)18(21(27)22(24)28)20(26)17-10-5-2-6-11-17/h1-6,8-11,19,23,25-26H,7,12-15H2/p+1/t19-/m0/s1. The highest BCUT2D eigenvalue weighted by atomic mass is 16.3. The van der Waals surface area contributed by atoms with E-state index in [0.717, 1.165) is 12.1 Å². The van der Waals surface area contributed by atoms with Crippen LogP contribution in [0.4, 0.5) is 0 Å². The SMILES string of the molecule is O=C1C(=O)N(CCC[NH2+]CCO)[C@@H](c2ccccc2)C1=C(O)c1ccccc1. The van der Waals surface area contributed by atoms with E-state index in [1.807, 2.05) is 41.7 Å². The summed E-state index contributed by atoms with van der Waals surface area (Å²) in [7, 11) is 0. The van der Waals surface area contributed by atoms with E-state index in [-0.39, 0.29) is 17.9 Å². The van der Waals surface area contributed by atoms with Gasteiger partial charge in [0, 0.05) is 18.5 Å². The number of rotatable bonds is 8. The van der Waals surface area contributed by atoms with Gasteiger partial charge in [-0.25, -0.2) is 0 Å². The molecule has 1 aliphatic rings. The van der Waals surface area contributed by atoms with Gasteiger partial charge in [0.05, 0.1) is 31.3 Å². The second-order valence-electron chi connectivity index (χ2n) is 6.71. The summed E-state index contributed by atoms with van der Waals surface area (Å²) in [6.45, 7) is 1.85. The summed E-state index contributed by atoms with van der Waals surface area (Å²) in [6.07, 6.45) is 0.682. The number of Topliss-reactive ketones (excluding diaryl/α,β-unsaturated/α-hetero) is 1. The minimum atomic E-state index is -0.658. The predicted molar refractivity (Wildman–Crippen MR) is 105 cm³/mol. The fourth-order valence-corrected chi connectivity index (χ4v) is 3.49. The molecule has 0 unspecified atom stereocenters. The van der Waals surface area contributed by atoms with Crippen LogP contribution in [0, 0.1) is 0 Å². The summed E-state index contributed by atoms with van der Waals surface area (Å²) in [4.78, 5) is 27.1. The molecule has 1 amide bonds. The Kier molecular flexibility index (Phi) is 6.57. The number of carbonyl (C=O) groups excluding carboxylic acids is 2. The highest BCUT2D eigenvalue weighted by Crippen LogP contribution is 2.39. The number of amides is 1. The molecule has 0 radical (unpaired) electrons. The summed E-state index contributed by atoms with van der Waals surface area (Å²) >= 11 is 0. The maximum absolute atomic E-state index is 12.8. The molecular formula is C22H25N2O4+. The van der Waals surface area contributed by atoms with Crippen LogP contribution in [-0.2, 0) is 9.59 Å². The Labute approximate surface area is 164 Å². The van der Waals surface area contributed by atoms with E-state index in [4.69, 9.17) is 5.11 Å². The quantitative estimate of drug-likeness (QED) is 0.276. The van der Waals surface area contributed by atoms with Crippen molar-refractivity contribution in [1.82, 2.24) is 4.90 Å². The number of carbonyl (C=O) groups is 2. The van der Waals surface area contributed by atoms with Gasteiger partial charge >= 0.3 is 0 Å². The molecule has 0 aromatic heterocycles. The zero-order valence-corrected chi connectivity index (χ0v) is 15.6. The number of likely N-dealkylation sites (tertiary alicyclic amines) is 1. The number of benzene rings is 2. The van der Waals surface area contributed by atoms with Crippen LogP contribution in [0.5, 0.6) is 0 Å². The fraction of sp³-hybridized carbons (Fsp3) is 0.273. The van der Waals surface area contributed by atoms with Crippen molar-refractivity contribution < 1.29 is 25.1 Å². The van der Waals surface area contributed by atoms with Gasteiger partial charge in [0.15, 0.2) is 0 Å². The van der Waals surface area contributed by atoms with Crippen LogP contribution in [0.1, 0.15) is 23.6 Å². The van der Waals surface area contributed by atoms with E-state index in [2.05, 4.69) is 0 Å². The van der Waals surface area contributed by atoms with Gasteiger partial charge in [0.1, 0.15) is 5.76 Å². The number of quaternary nitrogens is 1. The Morgan fingerprint density at radius 1 is 0.964 bits per heavy atom. The molecule has 6 heteroatoms. The molecule has 146 valence electrons. The molecule has 2 aromatic rings. The third kappa shape index (κ3) is 4.13. The lowest BCUT2D eigenvalue weighted by atomic mass is 9.95. The molecule has 1 aliphatic heterocycles. The second-order valence-corrected chi connectivity index (χ2v) is 6.71. The third-order valence-corrected chi connectivity index (χ3v) is 4.84. The van der Waals surface area contributed by atoms with E-state index >= 15 is 0 Å². The summed E-state index contributed by atoms with van der Waals surface area (Å²) < 4.78 is 0. The van der Waals surface area contributed by atoms with Crippen LogP contribution < -0.4 is 5.32 Å². The monoisotopic (exact) mass is 381 g/mol. The van der Waals surface area contributed by atoms with Crippen molar-refractivity contribution in [1.29, 1.82) is 0 Å². The largest absolute Gasteiger partial charge is 0.507 e. The Bertz CT molecular complexity index is 849. The maximum atomic E-state index is 12.8. The van der Waals surface area contributed by atoms with E-state index in [1.54, 1.807) is 29.2 Å². The first-order chi connectivity index (χ1) is 13.6. The lowest BCUT2D eigenvalue weighted by Crippen LogP contribution is -2.85. The van der Waals surface area contributed by atoms with Crippen molar-refractivity contribution in [2.24, 2.45) is 0 Å². The molecule has 0 saturated carbocycles. The third-order valence-electron chi connectivity index (χ3n) is 4.84. The van der Waals surface area contributed by atoms with Crippen molar-refractivity contribution in [3.8, 4) is 0 Å². The van der Waals surface area contributed by atoms with Crippen LogP contribution in [0.15, 0.2) is 66.2 Å². The van der Waals surface area contributed by atoms with E-state index < -0.39 is 17.7 Å². The van der Waals surface area contributed by atoms with Gasteiger partial charge in [-0.3, -0.25) is 9.59 Å². The molecule has 0 aliphatic carbocycles. The smallest absolute Gasteiger partial charge is 0.295 e. The van der Waals surface area contributed by atoms with Gasteiger partial charge in [-0.2, -0.15) is 0 Å². The first-order valence-electron chi connectivity index (χ1n) is 9.46. The van der Waals surface area contributed by atoms with Crippen molar-refractivity contribution in [3.05, 3.63) is 77.4 Å². The van der Waals surface area contributed by atoms with Crippen LogP contribution in [0.3, 0.4) is 0 Å². The van der Waals surface area contributed by atoms with Gasteiger partial charge in [0.25, 0.3) is 11.7 Å². The van der Waals surface area contributed by atoms with Gasteiger partial charge in [-0.05, 0) is 5.56 Å². The Balaban J connectivity index is 1.96. The average Bonchev–Trinajstić information content (AvgIpc) is 2.99. The van der Waals surface area contributed by atoms with E-state index in [1.165, 1.54) is 0 Å². The van der Waals surface area contributed by atoms with Crippen molar-refractivity contribution in [3.63, 3.8) is 0 Å². The number of hydrogen-bond donors (Lipinski definition) is 3. The average molecular weight is 381 g/mol. The summed E-state index contributed by atoms with van der Waals surface area (Å²) in [5.41, 5.74) is 1.43. The van der Waals surface area contributed by atoms with Crippen molar-refractivity contribution in [2.75, 3.05) is 26.2 Å². The number of aliphatic hydroxyl groups is 2. The number of hydrogen-bond acceptors (Lipinski definition) is 4. The molecule has 4 N–H and O–H groups in total. The molecular weight excluding hydrogens is 356 g/mol. The Hall–Kier alpha value is -2.96. The fourth-order valence-electron chi connectivity index (χ4n) is 3.49. The van der Waals surface area contributed by atoms with Crippen molar-refractivity contribution >= 4 is 17.4 Å². The minimum Gasteiger partial charge on any atom is -0.507 e. The summed E-state index contributed by atoms with van der Waals surface area (Å²) in [5, 5.41) is 21.7. The van der Waals surface area contributed by atoms with Crippen LogP contribution in [0.2, 0.25) is 0 Å². The van der Waals surface area contributed by atoms with E-state index in [0.29, 0.717) is 25.1 Å². The predicted octanol–water partition coefficient (Wildman–Crippen LogP) is 1.05. The van der Waals surface area contributed by atoms with E-state index in [9.17, 15) is 14.7 Å². The van der Waals surface area contributed by atoms with Crippen LogP contribution in [-0.4, -0.2) is 53.0 Å². The Morgan fingerprint density at radius 2 is 1.61 bits per heavy atom. The Morgan fingerprint density at radius 3 is 2.25 bits per heavy atom. The molecule has 1 heterocycles. The van der Waals surface area contributed by atoms with Crippen LogP contribution in [0.25, 0.3) is 5.76 Å². The highest BCUT2D eigenvalue weighted by Gasteiger charge is 2.45. The number of ketones is 1. The molecule has 2 aromatic carbocycles. The number of nitrogens with zero attached hydrogens (tertiary/aromatic N) is 1. The molecule has 1 fully saturated rings. The molecule has 28 heavy (non-hydrogen) atoms. The highest BCUT2D eigenvalue weighted by molar-refractivity contribution is 6.46. The summed E-state index contributed by atoms with van der Waals surface area (Å²) in [5.74, 6) is -1.40. The zero-order valence-electron chi connectivity index (χ0n) is 15.6. The van der Waals surface area contributed by atoms with Gasteiger partial charge in [0.2, 0.25) is 0 Å².